The standard InChI is InChI=1S/C17H23NO/c1-12-9-14-15(10-17(2,3)11-16(14)19)18(12)13-7-5-4-6-8-13/h4-5,9,13H,6-8,10-11H2,1-3H3. The molecule has 0 radical (unpaired) electrons. The van der Waals surface area contributed by atoms with Crippen LogP contribution in [0.25, 0.3) is 0 Å². The van der Waals surface area contributed by atoms with Crippen molar-refractivity contribution in [2.24, 2.45) is 5.41 Å². The maximum absolute atomic E-state index is 12.3. The molecule has 2 aliphatic carbocycles. The molecule has 0 amide bonds. The van der Waals surface area contributed by atoms with Crippen LogP contribution in [-0.2, 0) is 6.42 Å². The number of aromatic nitrogens is 1. The van der Waals surface area contributed by atoms with Crippen LogP contribution in [0.3, 0.4) is 0 Å². The third-order valence-electron chi connectivity index (χ3n) is 4.53. The van der Waals surface area contributed by atoms with E-state index in [0.29, 0.717) is 18.2 Å². The average Bonchev–Trinajstić information content (AvgIpc) is 2.65. The second kappa shape index (κ2) is 4.36. The van der Waals surface area contributed by atoms with E-state index in [1.54, 1.807) is 0 Å². The van der Waals surface area contributed by atoms with E-state index in [2.05, 4.69) is 43.6 Å². The lowest BCUT2D eigenvalue weighted by molar-refractivity contribution is 0.0909. The molecule has 2 heteroatoms. The number of hydrogen-bond donors (Lipinski definition) is 0. The first-order valence-corrected chi connectivity index (χ1v) is 7.37. The van der Waals surface area contributed by atoms with Gasteiger partial charge in [0.25, 0.3) is 0 Å². The van der Waals surface area contributed by atoms with Crippen molar-refractivity contribution < 1.29 is 4.79 Å². The van der Waals surface area contributed by atoms with Crippen LogP contribution in [-0.4, -0.2) is 10.4 Å². The summed E-state index contributed by atoms with van der Waals surface area (Å²) in [4.78, 5) is 12.3. The first kappa shape index (κ1) is 12.7. The first-order valence-electron chi connectivity index (χ1n) is 7.37. The van der Waals surface area contributed by atoms with Crippen molar-refractivity contribution >= 4 is 5.78 Å². The average molecular weight is 257 g/mol. The van der Waals surface area contributed by atoms with Gasteiger partial charge in [0.1, 0.15) is 0 Å². The van der Waals surface area contributed by atoms with Crippen molar-refractivity contribution in [1.82, 2.24) is 4.57 Å². The fourth-order valence-corrected chi connectivity index (χ4v) is 3.69. The number of allylic oxidation sites excluding steroid dienone is 2. The molecular weight excluding hydrogens is 234 g/mol. The van der Waals surface area contributed by atoms with Gasteiger partial charge >= 0.3 is 0 Å². The van der Waals surface area contributed by atoms with E-state index in [-0.39, 0.29) is 5.41 Å². The normalized spacial score (nSPS) is 25.4. The Bertz CT molecular complexity index is 548. The van der Waals surface area contributed by atoms with Crippen molar-refractivity contribution in [2.45, 2.75) is 58.9 Å². The van der Waals surface area contributed by atoms with Gasteiger partial charge in [0.2, 0.25) is 0 Å². The molecule has 2 nitrogen and oxygen atoms in total. The summed E-state index contributed by atoms with van der Waals surface area (Å²) in [7, 11) is 0. The Labute approximate surface area is 115 Å². The fourth-order valence-electron chi connectivity index (χ4n) is 3.69. The van der Waals surface area contributed by atoms with Gasteiger partial charge in [0.05, 0.1) is 0 Å². The minimum Gasteiger partial charge on any atom is -0.345 e. The van der Waals surface area contributed by atoms with E-state index < -0.39 is 0 Å². The Balaban J connectivity index is 2.06. The summed E-state index contributed by atoms with van der Waals surface area (Å²) in [5.41, 5.74) is 3.65. The number of carbonyl (C=O) groups is 1. The third kappa shape index (κ3) is 2.18. The van der Waals surface area contributed by atoms with Crippen LogP contribution in [0.2, 0.25) is 0 Å². The Morgan fingerprint density at radius 3 is 2.74 bits per heavy atom. The number of fused-ring (bicyclic) bond motifs is 1. The number of aryl methyl sites for hydroxylation is 1. The molecule has 0 saturated carbocycles. The molecule has 0 aromatic carbocycles. The SMILES string of the molecule is Cc1cc2c(n1C1CC=CCC1)CC(C)(C)CC2=O. The van der Waals surface area contributed by atoms with Gasteiger partial charge in [-0.2, -0.15) is 0 Å². The number of hydrogen-bond acceptors (Lipinski definition) is 1. The van der Waals surface area contributed by atoms with E-state index in [1.807, 2.05) is 0 Å². The summed E-state index contributed by atoms with van der Waals surface area (Å²) in [5, 5.41) is 0. The van der Waals surface area contributed by atoms with Crippen molar-refractivity contribution in [3.8, 4) is 0 Å². The van der Waals surface area contributed by atoms with Gasteiger partial charge in [-0.05, 0) is 44.1 Å². The van der Waals surface area contributed by atoms with Gasteiger partial charge in [-0.1, -0.05) is 26.0 Å². The minimum atomic E-state index is 0.108. The lowest BCUT2D eigenvalue weighted by Crippen LogP contribution is -2.29. The quantitative estimate of drug-likeness (QED) is 0.690. The summed E-state index contributed by atoms with van der Waals surface area (Å²) >= 11 is 0. The van der Waals surface area contributed by atoms with Crippen LogP contribution in [0.4, 0.5) is 0 Å². The molecular formula is C17H23NO. The van der Waals surface area contributed by atoms with E-state index in [4.69, 9.17) is 0 Å². The highest BCUT2D eigenvalue weighted by Crippen LogP contribution is 2.39. The van der Waals surface area contributed by atoms with Gasteiger partial charge in [-0.15, -0.1) is 0 Å². The van der Waals surface area contributed by atoms with Crippen LogP contribution in [0.5, 0.6) is 0 Å². The first-order chi connectivity index (χ1) is 8.98. The predicted octanol–water partition coefficient (Wildman–Crippen LogP) is 4.23. The summed E-state index contributed by atoms with van der Waals surface area (Å²) in [6.07, 6.45) is 9.75. The summed E-state index contributed by atoms with van der Waals surface area (Å²) in [6.45, 7) is 6.57. The van der Waals surface area contributed by atoms with Gasteiger partial charge < -0.3 is 4.57 Å². The van der Waals surface area contributed by atoms with Crippen molar-refractivity contribution in [3.05, 3.63) is 35.2 Å². The maximum Gasteiger partial charge on any atom is 0.165 e. The molecule has 19 heavy (non-hydrogen) atoms. The highest BCUT2D eigenvalue weighted by atomic mass is 16.1. The molecule has 0 fully saturated rings. The zero-order chi connectivity index (χ0) is 13.6. The van der Waals surface area contributed by atoms with Crippen LogP contribution in [0.15, 0.2) is 18.2 Å². The molecule has 0 N–H and O–H groups in total. The lowest BCUT2D eigenvalue weighted by Gasteiger charge is -2.32. The number of carbonyl (C=O) groups excluding carboxylic acids is 1. The summed E-state index contributed by atoms with van der Waals surface area (Å²) in [6, 6.07) is 2.67. The minimum absolute atomic E-state index is 0.108. The Kier molecular flexibility index (Phi) is 2.92. The van der Waals surface area contributed by atoms with Crippen LogP contribution < -0.4 is 0 Å². The Morgan fingerprint density at radius 2 is 2.05 bits per heavy atom. The van der Waals surface area contributed by atoms with Crippen molar-refractivity contribution in [2.75, 3.05) is 0 Å². The third-order valence-corrected chi connectivity index (χ3v) is 4.53. The largest absolute Gasteiger partial charge is 0.345 e. The molecule has 3 rings (SSSR count). The molecule has 1 aromatic rings. The molecule has 102 valence electrons. The van der Waals surface area contributed by atoms with Gasteiger partial charge in [-0.3, -0.25) is 4.79 Å². The van der Waals surface area contributed by atoms with Gasteiger partial charge in [-0.25, -0.2) is 0 Å². The molecule has 0 bridgehead atoms. The molecule has 1 aromatic heterocycles. The second-order valence-corrected chi connectivity index (χ2v) is 6.90. The van der Waals surface area contributed by atoms with Crippen LogP contribution in [0, 0.1) is 12.3 Å². The number of rotatable bonds is 1. The topological polar surface area (TPSA) is 22.0 Å². The van der Waals surface area contributed by atoms with E-state index in [0.717, 1.165) is 24.8 Å². The Morgan fingerprint density at radius 1 is 1.26 bits per heavy atom. The molecule has 0 spiro atoms. The summed E-state index contributed by atoms with van der Waals surface area (Å²) < 4.78 is 2.46. The molecule has 2 aliphatic rings. The highest BCUT2D eigenvalue weighted by Gasteiger charge is 2.35. The van der Waals surface area contributed by atoms with Crippen LogP contribution in [0.1, 0.15) is 67.3 Å². The zero-order valence-corrected chi connectivity index (χ0v) is 12.2. The van der Waals surface area contributed by atoms with E-state index in [9.17, 15) is 4.79 Å². The van der Waals surface area contributed by atoms with Crippen LogP contribution >= 0.6 is 0 Å². The second-order valence-electron chi connectivity index (χ2n) is 6.90. The highest BCUT2D eigenvalue weighted by molar-refractivity contribution is 5.99. The molecule has 0 saturated heterocycles. The number of ketones is 1. The van der Waals surface area contributed by atoms with E-state index >= 15 is 0 Å². The molecule has 0 aliphatic heterocycles. The van der Waals surface area contributed by atoms with Crippen molar-refractivity contribution in [3.63, 3.8) is 0 Å². The Hall–Kier alpha value is -1.31. The monoisotopic (exact) mass is 257 g/mol. The smallest absolute Gasteiger partial charge is 0.165 e. The maximum atomic E-state index is 12.3. The zero-order valence-electron chi connectivity index (χ0n) is 12.2. The fraction of sp³-hybridized carbons (Fsp3) is 0.588. The van der Waals surface area contributed by atoms with Gasteiger partial charge in [0, 0.05) is 29.4 Å². The molecule has 1 heterocycles. The van der Waals surface area contributed by atoms with Gasteiger partial charge in [0.15, 0.2) is 5.78 Å². The predicted molar refractivity (Wildman–Crippen MR) is 77.6 cm³/mol. The van der Waals surface area contributed by atoms with Crippen molar-refractivity contribution in [1.29, 1.82) is 0 Å². The van der Waals surface area contributed by atoms with E-state index in [1.165, 1.54) is 17.8 Å². The number of nitrogens with zero attached hydrogens (tertiary/aromatic N) is 1. The lowest BCUT2D eigenvalue weighted by atomic mass is 9.76. The number of Topliss-reactive ketones (excluding diaryl/α,β-unsaturated/α-hetero) is 1. The molecule has 1 atom stereocenters. The summed E-state index contributed by atoms with van der Waals surface area (Å²) in [5.74, 6) is 0.333. The molecule has 1 unspecified atom stereocenters.